The highest BCUT2D eigenvalue weighted by molar-refractivity contribution is 5.92. The maximum absolute atomic E-state index is 14.1. The van der Waals surface area contributed by atoms with Gasteiger partial charge in [-0.25, -0.2) is 0 Å². The van der Waals surface area contributed by atoms with Gasteiger partial charge in [0.2, 0.25) is 17.7 Å². The maximum Gasteiger partial charge on any atom is 0.245 e. The van der Waals surface area contributed by atoms with Gasteiger partial charge in [-0.1, -0.05) is 74.5 Å². The minimum absolute atomic E-state index is 0.0690. The standard InChI is InChI=1S/C30H40N4O3/c1-19(2)25(33-27(35)20(3)31)28(36)34-18-17-21-15-16-24(26(21)34)32-29(37)30(4,22-11-7-5-8-12-22)23-13-9-6-10-14-23/h5-14,19-21,24-26H,15-18,31H2,1-4H3,(H,32,37)(H,33,35)/t20-,21?,24?,25?,26?/m0/s1. The fourth-order valence-corrected chi connectivity index (χ4v) is 5.98. The van der Waals surface area contributed by atoms with Gasteiger partial charge in [-0.2, -0.15) is 0 Å². The van der Waals surface area contributed by atoms with E-state index in [-0.39, 0.29) is 35.7 Å². The third kappa shape index (κ3) is 5.28. The third-order valence-electron chi connectivity index (χ3n) is 8.24. The number of rotatable bonds is 8. The number of carbonyl (C=O) groups is 3. The molecular formula is C30H40N4O3. The molecule has 0 aromatic heterocycles. The largest absolute Gasteiger partial charge is 0.350 e. The van der Waals surface area contributed by atoms with Crippen molar-refractivity contribution in [2.45, 2.75) is 76.5 Å². The van der Waals surface area contributed by atoms with E-state index in [0.717, 1.165) is 30.4 Å². The number of nitrogens with zero attached hydrogens (tertiary/aromatic N) is 1. The molecule has 2 fully saturated rings. The van der Waals surface area contributed by atoms with Gasteiger partial charge < -0.3 is 21.3 Å². The second-order valence-corrected chi connectivity index (χ2v) is 11.1. The summed E-state index contributed by atoms with van der Waals surface area (Å²) in [6, 6.07) is 18.1. The molecule has 0 bridgehead atoms. The molecule has 1 saturated carbocycles. The zero-order chi connectivity index (χ0) is 26.7. The molecular weight excluding hydrogens is 464 g/mol. The predicted molar refractivity (Wildman–Crippen MR) is 145 cm³/mol. The summed E-state index contributed by atoms with van der Waals surface area (Å²) in [7, 11) is 0. The molecule has 37 heavy (non-hydrogen) atoms. The summed E-state index contributed by atoms with van der Waals surface area (Å²) in [5.41, 5.74) is 6.72. The van der Waals surface area contributed by atoms with E-state index < -0.39 is 17.5 Å². The van der Waals surface area contributed by atoms with E-state index in [1.54, 1.807) is 6.92 Å². The van der Waals surface area contributed by atoms with Crippen molar-refractivity contribution >= 4 is 17.7 Å². The molecule has 7 nitrogen and oxygen atoms in total. The number of nitrogens with one attached hydrogen (secondary N) is 2. The molecule has 1 heterocycles. The van der Waals surface area contributed by atoms with Crippen LogP contribution < -0.4 is 16.4 Å². The first-order valence-electron chi connectivity index (χ1n) is 13.4. The lowest BCUT2D eigenvalue weighted by Gasteiger charge is -2.36. The minimum atomic E-state index is -0.875. The fraction of sp³-hybridized carbons (Fsp3) is 0.500. The van der Waals surface area contributed by atoms with E-state index in [2.05, 4.69) is 10.6 Å². The van der Waals surface area contributed by atoms with Crippen molar-refractivity contribution in [3.63, 3.8) is 0 Å². The zero-order valence-electron chi connectivity index (χ0n) is 22.3. The van der Waals surface area contributed by atoms with Crippen LogP contribution in [0.25, 0.3) is 0 Å². The van der Waals surface area contributed by atoms with Crippen LogP contribution in [0.1, 0.15) is 58.1 Å². The Morgan fingerprint density at radius 1 is 0.919 bits per heavy atom. The van der Waals surface area contributed by atoms with Gasteiger partial charge in [-0.15, -0.1) is 0 Å². The summed E-state index contributed by atoms with van der Waals surface area (Å²) in [6.45, 7) is 8.07. The normalized spacial score (nSPS) is 22.9. The van der Waals surface area contributed by atoms with Gasteiger partial charge in [0.05, 0.1) is 17.5 Å². The van der Waals surface area contributed by atoms with Crippen LogP contribution in [0.2, 0.25) is 0 Å². The number of likely N-dealkylation sites (tertiary alicyclic amines) is 1. The van der Waals surface area contributed by atoms with Gasteiger partial charge in [0.1, 0.15) is 6.04 Å². The van der Waals surface area contributed by atoms with Crippen LogP contribution in [-0.2, 0) is 19.8 Å². The fourth-order valence-electron chi connectivity index (χ4n) is 5.98. The van der Waals surface area contributed by atoms with E-state index in [0.29, 0.717) is 12.5 Å². The molecule has 1 saturated heterocycles. The first kappa shape index (κ1) is 26.9. The number of fused-ring (bicyclic) bond motifs is 1. The van der Waals surface area contributed by atoms with Gasteiger partial charge in [-0.3, -0.25) is 14.4 Å². The molecule has 4 rings (SSSR count). The van der Waals surface area contributed by atoms with Gasteiger partial charge in [0.25, 0.3) is 0 Å². The van der Waals surface area contributed by atoms with Crippen molar-refractivity contribution in [2.75, 3.05) is 6.54 Å². The summed E-state index contributed by atoms with van der Waals surface area (Å²) >= 11 is 0. The first-order valence-corrected chi connectivity index (χ1v) is 13.4. The highest BCUT2D eigenvalue weighted by Gasteiger charge is 2.49. The summed E-state index contributed by atoms with van der Waals surface area (Å²) in [5.74, 6) is -0.235. The van der Waals surface area contributed by atoms with Crippen LogP contribution in [-0.4, -0.2) is 53.3 Å². The Kier molecular flexibility index (Phi) is 8.02. The highest BCUT2D eigenvalue weighted by atomic mass is 16.2. The van der Waals surface area contributed by atoms with Crippen molar-refractivity contribution in [1.29, 1.82) is 0 Å². The minimum Gasteiger partial charge on any atom is -0.350 e. The van der Waals surface area contributed by atoms with Crippen LogP contribution in [0.3, 0.4) is 0 Å². The molecule has 2 aromatic rings. The SMILES string of the molecule is CC(C)C(NC(=O)[C@H](C)N)C(=O)N1CCC2CCC(NC(=O)C(C)(c3ccccc3)c3ccccc3)C21. The zero-order valence-corrected chi connectivity index (χ0v) is 22.3. The Morgan fingerprint density at radius 2 is 1.49 bits per heavy atom. The quantitative estimate of drug-likeness (QED) is 0.514. The second-order valence-electron chi connectivity index (χ2n) is 11.1. The molecule has 1 aliphatic carbocycles. The lowest BCUT2D eigenvalue weighted by Crippen LogP contribution is -2.59. The molecule has 5 atom stereocenters. The Bertz CT molecular complexity index is 1060. The molecule has 198 valence electrons. The van der Waals surface area contributed by atoms with Crippen molar-refractivity contribution in [2.24, 2.45) is 17.6 Å². The molecule has 2 aliphatic rings. The predicted octanol–water partition coefficient (Wildman–Crippen LogP) is 2.98. The van der Waals surface area contributed by atoms with Gasteiger partial charge in [0.15, 0.2) is 0 Å². The van der Waals surface area contributed by atoms with Crippen LogP contribution in [0.15, 0.2) is 60.7 Å². The van der Waals surface area contributed by atoms with Crippen LogP contribution in [0, 0.1) is 11.8 Å². The van der Waals surface area contributed by atoms with E-state index in [4.69, 9.17) is 5.73 Å². The van der Waals surface area contributed by atoms with Crippen LogP contribution in [0.4, 0.5) is 0 Å². The van der Waals surface area contributed by atoms with Crippen molar-refractivity contribution in [3.8, 4) is 0 Å². The average Bonchev–Trinajstić information content (AvgIpc) is 3.50. The summed E-state index contributed by atoms with van der Waals surface area (Å²) in [4.78, 5) is 42.0. The van der Waals surface area contributed by atoms with E-state index in [9.17, 15) is 14.4 Å². The topological polar surface area (TPSA) is 105 Å². The molecule has 3 amide bonds. The molecule has 7 heteroatoms. The molecule has 4 unspecified atom stereocenters. The van der Waals surface area contributed by atoms with E-state index >= 15 is 0 Å². The maximum atomic E-state index is 14.1. The summed E-state index contributed by atoms with van der Waals surface area (Å²) in [5, 5.41) is 6.21. The van der Waals surface area contributed by atoms with Gasteiger partial charge in [0, 0.05) is 12.6 Å². The Balaban J connectivity index is 1.58. The monoisotopic (exact) mass is 504 g/mol. The molecule has 0 radical (unpaired) electrons. The number of hydrogen-bond donors (Lipinski definition) is 3. The van der Waals surface area contributed by atoms with Gasteiger partial charge in [-0.05, 0) is 56.1 Å². The Labute approximate surface area is 220 Å². The smallest absolute Gasteiger partial charge is 0.245 e. The van der Waals surface area contributed by atoms with Crippen LogP contribution >= 0.6 is 0 Å². The molecule has 1 aliphatic heterocycles. The number of benzene rings is 2. The Morgan fingerprint density at radius 3 is 2.00 bits per heavy atom. The summed E-state index contributed by atoms with van der Waals surface area (Å²) in [6.07, 6.45) is 2.69. The molecule has 4 N–H and O–H groups in total. The van der Waals surface area contributed by atoms with E-state index in [1.807, 2.05) is 86.3 Å². The third-order valence-corrected chi connectivity index (χ3v) is 8.24. The second kappa shape index (κ2) is 11.1. The number of hydrogen-bond acceptors (Lipinski definition) is 4. The lowest BCUT2D eigenvalue weighted by atomic mass is 9.75. The van der Waals surface area contributed by atoms with Gasteiger partial charge >= 0.3 is 0 Å². The van der Waals surface area contributed by atoms with Crippen molar-refractivity contribution in [3.05, 3.63) is 71.8 Å². The number of amides is 3. The average molecular weight is 505 g/mol. The van der Waals surface area contributed by atoms with Crippen LogP contribution in [0.5, 0.6) is 0 Å². The lowest BCUT2D eigenvalue weighted by molar-refractivity contribution is -0.139. The van der Waals surface area contributed by atoms with E-state index in [1.165, 1.54) is 0 Å². The highest BCUT2D eigenvalue weighted by Crippen LogP contribution is 2.40. The van der Waals surface area contributed by atoms with Crippen molar-refractivity contribution in [1.82, 2.24) is 15.5 Å². The molecule has 0 spiro atoms. The summed E-state index contributed by atoms with van der Waals surface area (Å²) < 4.78 is 0. The number of nitrogens with two attached hydrogens (primary N) is 1. The first-order chi connectivity index (χ1) is 17.6. The molecule has 2 aromatic carbocycles. The van der Waals surface area contributed by atoms with Crippen molar-refractivity contribution < 1.29 is 14.4 Å². The number of carbonyl (C=O) groups excluding carboxylic acids is 3. The Hall–Kier alpha value is -3.19.